The Bertz CT molecular complexity index is 922. The maximum absolute atomic E-state index is 13.5. The Labute approximate surface area is 166 Å². The largest absolute Gasteiger partial charge is 0.378 e. The minimum Gasteiger partial charge on any atom is -0.378 e. The van der Waals surface area contributed by atoms with E-state index in [1.807, 2.05) is 12.1 Å². The van der Waals surface area contributed by atoms with Crippen molar-refractivity contribution in [1.29, 1.82) is 0 Å². The van der Waals surface area contributed by atoms with Crippen molar-refractivity contribution in [3.8, 4) is 16.9 Å². The zero-order chi connectivity index (χ0) is 19.5. The fourth-order valence-electron chi connectivity index (χ4n) is 3.98. The van der Waals surface area contributed by atoms with E-state index in [9.17, 15) is 4.39 Å². The maximum Gasteiger partial charge on any atom is 0.123 e. The van der Waals surface area contributed by atoms with E-state index >= 15 is 0 Å². The third kappa shape index (κ3) is 3.69. The van der Waals surface area contributed by atoms with Crippen LogP contribution < -0.4 is 4.90 Å². The molecule has 1 aliphatic rings. The van der Waals surface area contributed by atoms with Gasteiger partial charge < -0.3 is 14.2 Å². The molecule has 1 fully saturated rings. The molecule has 2 heterocycles. The van der Waals surface area contributed by atoms with Crippen LogP contribution in [-0.2, 0) is 11.2 Å². The number of halogens is 1. The van der Waals surface area contributed by atoms with E-state index in [2.05, 4.69) is 53.6 Å². The van der Waals surface area contributed by atoms with Gasteiger partial charge in [-0.3, -0.25) is 0 Å². The van der Waals surface area contributed by atoms with Crippen LogP contribution >= 0.6 is 0 Å². The van der Waals surface area contributed by atoms with Gasteiger partial charge in [-0.05, 0) is 54.8 Å². The lowest BCUT2D eigenvalue weighted by atomic mass is 10.1. The predicted molar refractivity (Wildman–Crippen MR) is 113 cm³/mol. The second kappa shape index (κ2) is 8.19. The van der Waals surface area contributed by atoms with Gasteiger partial charge in [-0.15, -0.1) is 0 Å². The molecule has 0 amide bonds. The standard InChI is InChI=1S/C24H27FN2O/c1-3-4-19-5-7-20(8-6-19)24-17-23(26-13-15-28-16-14-26)18(2)27(24)22-11-9-21(25)10-12-22/h5-12,17H,3-4,13-16H2,1-2H3. The summed E-state index contributed by atoms with van der Waals surface area (Å²) in [4.78, 5) is 2.38. The Balaban J connectivity index is 1.81. The van der Waals surface area contributed by atoms with E-state index < -0.39 is 0 Å². The van der Waals surface area contributed by atoms with Crippen LogP contribution in [0.4, 0.5) is 10.1 Å². The molecular formula is C24H27FN2O. The molecule has 146 valence electrons. The van der Waals surface area contributed by atoms with E-state index in [4.69, 9.17) is 4.74 Å². The van der Waals surface area contributed by atoms with Crippen molar-refractivity contribution in [3.05, 3.63) is 71.7 Å². The lowest BCUT2D eigenvalue weighted by Gasteiger charge is -2.28. The molecule has 0 bridgehead atoms. The number of anilines is 1. The molecule has 4 heteroatoms. The van der Waals surface area contributed by atoms with Crippen LogP contribution in [0.15, 0.2) is 54.6 Å². The average molecular weight is 378 g/mol. The molecule has 0 unspecified atom stereocenters. The number of benzene rings is 2. The molecule has 0 saturated carbocycles. The van der Waals surface area contributed by atoms with Gasteiger partial charge in [0.05, 0.1) is 24.6 Å². The highest BCUT2D eigenvalue weighted by Crippen LogP contribution is 2.35. The summed E-state index contributed by atoms with van der Waals surface area (Å²) in [6, 6.07) is 17.8. The number of morpholine rings is 1. The summed E-state index contributed by atoms with van der Waals surface area (Å²) in [5.74, 6) is -0.215. The van der Waals surface area contributed by atoms with E-state index in [0.29, 0.717) is 0 Å². The van der Waals surface area contributed by atoms with Gasteiger partial charge in [0.1, 0.15) is 5.82 Å². The van der Waals surface area contributed by atoms with Crippen LogP contribution in [-0.4, -0.2) is 30.9 Å². The zero-order valence-electron chi connectivity index (χ0n) is 16.6. The first-order chi connectivity index (χ1) is 13.7. The van der Waals surface area contributed by atoms with Gasteiger partial charge in [0.25, 0.3) is 0 Å². The van der Waals surface area contributed by atoms with E-state index in [-0.39, 0.29) is 5.82 Å². The van der Waals surface area contributed by atoms with E-state index in [1.54, 1.807) is 0 Å². The number of hydrogen-bond donors (Lipinski definition) is 0. The van der Waals surface area contributed by atoms with Gasteiger partial charge in [0, 0.05) is 24.5 Å². The summed E-state index contributed by atoms with van der Waals surface area (Å²) < 4.78 is 21.3. The molecule has 0 N–H and O–H groups in total. The van der Waals surface area contributed by atoms with Crippen molar-refractivity contribution in [2.45, 2.75) is 26.7 Å². The summed E-state index contributed by atoms with van der Waals surface area (Å²) in [6.45, 7) is 7.63. The Morgan fingerprint density at radius 3 is 2.29 bits per heavy atom. The molecule has 3 nitrogen and oxygen atoms in total. The zero-order valence-corrected chi connectivity index (χ0v) is 16.6. The van der Waals surface area contributed by atoms with Gasteiger partial charge in [-0.25, -0.2) is 4.39 Å². The molecule has 0 spiro atoms. The number of nitrogens with zero attached hydrogens (tertiary/aromatic N) is 2. The van der Waals surface area contributed by atoms with Crippen molar-refractivity contribution in [2.75, 3.05) is 31.2 Å². The van der Waals surface area contributed by atoms with Crippen LogP contribution in [0.25, 0.3) is 16.9 Å². The van der Waals surface area contributed by atoms with E-state index in [0.717, 1.165) is 50.5 Å². The Kier molecular flexibility index (Phi) is 5.49. The minimum absolute atomic E-state index is 0.215. The minimum atomic E-state index is -0.215. The molecule has 28 heavy (non-hydrogen) atoms. The second-order valence-electron chi connectivity index (χ2n) is 7.36. The lowest BCUT2D eigenvalue weighted by molar-refractivity contribution is 0.122. The maximum atomic E-state index is 13.5. The van der Waals surface area contributed by atoms with Crippen molar-refractivity contribution >= 4 is 5.69 Å². The highest BCUT2D eigenvalue weighted by atomic mass is 19.1. The van der Waals surface area contributed by atoms with Gasteiger partial charge in [0.15, 0.2) is 0 Å². The highest BCUT2D eigenvalue weighted by Gasteiger charge is 2.20. The molecule has 1 aliphatic heterocycles. The Hall–Kier alpha value is -2.59. The first-order valence-electron chi connectivity index (χ1n) is 10.1. The SMILES string of the molecule is CCCc1ccc(-c2cc(N3CCOCC3)c(C)n2-c2ccc(F)cc2)cc1. The summed E-state index contributed by atoms with van der Waals surface area (Å²) in [5.41, 5.74) is 7.03. The summed E-state index contributed by atoms with van der Waals surface area (Å²) in [6.07, 6.45) is 2.24. The van der Waals surface area contributed by atoms with Crippen LogP contribution in [0.1, 0.15) is 24.6 Å². The number of hydrogen-bond acceptors (Lipinski definition) is 2. The molecule has 0 aliphatic carbocycles. The predicted octanol–water partition coefficient (Wildman–Crippen LogP) is 5.38. The van der Waals surface area contributed by atoms with Gasteiger partial charge in [-0.1, -0.05) is 37.6 Å². The average Bonchev–Trinajstić information content (AvgIpc) is 3.07. The van der Waals surface area contributed by atoms with Gasteiger partial charge in [-0.2, -0.15) is 0 Å². The van der Waals surface area contributed by atoms with Crippen LogP contribution in [0.5, 0.6) is 0 Å². The van der Waals surface area contributed by atoms with Crippen LogP contribution in [0.3, 0.4) is 0 Å². The fourth-order valence-corrected chi connectivity index (χ4v) is 3.98. The van der Waals surface area contributed by atoms with Gasteiger partial charge in [0.2, 0.25) is 0 Å². The Morgan fingerprint density at radius 2 is 1.64 bits per heavy atom. The fraction of sp³-hybridized carbons (Fsp3) is 0.333. The second-order valence-corrected chi connectivity index (χ2v) is 7.36. The van der Waals surface area contributed by atoms with Crippen LogP contribution in [0.2, 0.25) is 0 Å². The first kappa shape index (κ1) is 18.8. The Morgan fingerprint density at radius 1 is 0.964 bits per heavy atom. The third-order valence-corrected chi connectivity index (χ3v) is 5.45. The molecule has 1 saturated heterocycles. The summed E-state index contributed by atoms with van der Waals surface area (Å²) in [5, 5.41) is 0. The van der Waals surface area contributed by atoms with Gasteiger partial charge >= 0.3 is 0 Å². The monoisotopic (exact) mass is 378 g/mol. The molecular weight excluding hydrogens is 351 g/mol. The molecule has 0 radical (unpaired) electrons. The van der Waals surface area contributed by atoms with Crippen molar-refractivity contribution in [2.24, 2.45) is 0 Å². The topological polar surface area (TPSA) is 17.4 Å². The number of rotatable bonds is 5. The number of aromatic nitrogens is 1. The molecule has 4 rings (SSSR count). The van der Waals surface area contributed by atoms with Crippen molar-refractivity contribution in [1.82, 2.24) is 4.57 Å². The molecule has 1 aromatic heterocycles. The summed E-state index contributed by atoms with van der Waals surface area (Å²) >= 11 is 0. The smallest absolute Gasteiger partial charge is 0.123 e. The highest BCUT2D eigenvalue weighted by molar-refractivity contribution is 5.72. The van der Waals surface area contributed by atoms with Crippen LogP contribution in [0, 0.1) is 12.7 Å². The van der Waals surface area contributed by atoms with E-state index in [1.165, 1.54) is 34.6 Å². The van der Waals surface area contributed by atoms with Crippen molar-refractivity contribution in [3.63, 3.8) is 0 Å². The molecule has 3 aromatic rings. The third-order valence-electron chi connectivity index (χ3n) is 5.45. The summed E-state index contributed by atoms with van der Waals surface area (Å²) in [7, 11) is 0. The molecule has 2 aromatic carbocycles. The number of ether oxygens (including phenoxy) is 1. The quantitative estimate of drug-likeness (QED) is 0.593. The van der Waals surface area contributed by atoms with Crippen molar-refractivity contribution < 1.29 is 9.13 Å². The normalized spacial score (nSPS) is 14.5. The molecule has 0 atom stereocenters. The lowest BCUT2D eigenvalue weighted by Crippen LogP contribution is -2.36. The first-order valence-corrected chi connectivity index (χ1v) is 10.1. The number of aryl methyl sites for hydroxylation is 1.